The SMILES string of the molecule is Cc1ccc([C@@H](C)NC2CNC2)cc1. The van der Waals surface area contributed by atoms with Crippen molar-refractivity contribution in [1.82, 2.24) is 10.6 Å². The largest absolute Gasteiger partial charge is 0.314 e. The lowest BCUT2D eigenvalue weighted by atomic mass is 10.0. The van der Waals surface area contributed by atoms with Crippen LogP contribution in [0.25, 0.3) is 0 Å². The highest BCUT2D eigenvalue weighted by Gasteiger charge is 2.18. The first-order valence-corrected chi connectivity index (χ1v) is 5.29. The van der Waals surface area contributed by atoms with Crippen molar-refractivity contribution in [2.24, 2.45) is 0 Å². The van der Waals surface area contributed by atoms with Crippen LogP contribution in [-0.2, 0) is 0 Å². The van der Waals surface area contributed by atoms with E-state index in [2.05, 4.69) is 48.7 Å². The Morgan fingerprint density at radius 1 is 1.29 bits per heavy atom. The molecule has 0 bridgehead atoms. The zero-order chi connectivity index (χ0) is 9.97. The van der Waals surface area contributed by atoms with E-state index in [-0.39, 0.29) is 0 Å². The lowest BCUT2D eigenvalue weighted by Gasteiger charge is -2.31. The Morgan fingerprint density at radius 3 is 2.43 bits per heavy atom. The third-order valence-corrected chi connectivity index (χ3v) is 2.84. The molecule has 0 aromatic heterocycles. The van der Waals surface area contributed by atoms with Gasteiger partial charge in [-0.2, -0.15) is 0 Å². The standard InChI is InChI=1S/C12H18N2/c1-9-3-5-11(6-4-9)10(2)14-12-7-13-8-12/h3-6,10,12-14H,7-8H2,1-2H3/t10-/m1/s1. The molecule has 0 radical (unpaired) electrons. The van der Waals surface area contributed by atoms with Crippen molar-refractivity contribution in [3.63, 3.8) is 0 Å². The van der Waals surface area contributed by atoms with Crippen LogP contribution in [0.2, 0.25) is 0 Å². The monoisotopic (exact) mass is 190 g/mol. The molecule has 1 aliphatic rings. The fourth-order valence-corrected chi connectivity index (χ4v) is 1.71. The van der Waals surface area contributed by atoms with Crippen molar-refractivity contribution in [3.05, 3.63) is 35.4 Å². The lowest BCUT2D eigenvalue weighted by molar-refractivity contribution is 0.338. The summed E-state index contributed by atoms with van der Waals surface area (Å²) in [4.78, 5) is 0. The van der Waals surface area contributed by atoms with Gasteiger partial charge in [0.05, 0.1) is 0 Å². The zero-order valence-electron chi connectivity index (χ0n) is 8.88. The normalized spacial score (nSPS) is 19.0. The van der Waals surface area contributed by atoms with Crippen LogP contribution in [0.1, 0.15) is 24.1 Å². The van der Waals surface area contributed by atoms with Gasteiger partial charge in [-0.1, -0.05) is 29.8 Å². The minimum Gasteiger partial charge on any atom is -0.314 e. The van der Waals surface area contributed by atoms with Crippen LogP contribution in [0.3, 0.4) is 0 Å². The second-order valence-corrected chi connectivity index (χ2v) is 4.15. The molecular weight excluding hydrogens is 172 g/mol. The van der Waals surface area contributed by atoms with Crippen LogP contribution in [-0.4, -0.2) is 19.1 Å². The van der Waals surface area contributed by atoms with Gasteiger partial charge < -0.3 is 10.6 Å². The maximum absolute atomic E-state index is 3.59. The molecule has 1 atom stereocenters. The molecule has 0 aliphatic carbocycles. The maximum Gasteiger partial charge on any atom is 0.0322 e. The van der Waals surface area contributed by atoms with Gasteiger partial charge in [0.15, 0.2) is 0 Å². The molecular formula is C12H18N2. The Balaban J connectivity index is 1.95. The molecule has 1 aromatic rings. The van der Waals surface area contributed by atoms with Crippen LogP contribution >= 0.6 is 0 Å². The van der Waals surface area contributed by atoms with Crippen molar-refractivity contribution in [2.45, 2.75) is 25.9 Å². The van der Waals surface area contributed by atoms with Gasteiger partial charge in [-0.25, -0.2) is 0 Å². The van der Waals surface area contributed by atoms with Crippen LogP contribution in [0.4, 0.5) is 0 Å². The van der Waals surface area contributed by atoms with E-state index in [1.54, 1.807) is 0 Å². The second kappa shape index (κ2) is 4.11. The Bertz CT molecular complexity index is 288. The Morgan fingerprint density at radius 2 is 1.93 bits per heavy atom. The molecule has 2 nitrogen and oxygen atoms in total. The summed E-state index contributed by atoms with van der Waals surface area (Å²) in [6.07, 6.45) is 0. The average Bonchev–Trinajstić information content (AvgIpc) is 2.12. The molecule has 0 spiro atoms. The molecule has 2 rings (SSSR count). The van der Waals surface area contributed by atoms with E-state index in [1.165, 1.54) is 11.1 Å². The number of nitrogens with one attached hydrogen (secondary N) is 2. The molecule has 14 heavy (non-hydrogen) atoms. The number of hydrogen-bond donors (Lipinski definition) is 2. The van der Waals surface area contributed by atoms with Crippen molar-refractivity contribution in [1.29, 1.82) is 0 Å². The third kappa shape index (κ3) is 2.14. The molecule has 0 unspecified atom stereocenters. The topological polar surface area (TPSA) is 24.1 Å². The number of hydrogen-bond acceptors (Lipinski definition) is 2. The van der Waals surface area contributed by atoms with Gasteiger partial charge in [-0.15, -0.1) is 0 Å². The van der Waals surface area contributed by atoms with Crippen molar-refractivity contribution < 1.29 is 0 Å². The summed E-state index contributed by atoms with van der Waals surface area (Å²) in [7, 11) is 0. The second-order valence-electron chi connectivity index (χ2n) is 4.15. The molecule has 1 aromatic carbocycles. The minimum absolute atomic E-state index is 0.461. The van der Waals surface area contributed by atoms with Gasteiger partial charge in [-0.05, 0) is 19.4 Å². The van der Waals surface area contributed by atoms with E-state index < -0.39 is 0 Å². The van der Waals surface area contributed by atoms with Crippen LogP contribution in [0, 0.1) is 6.92 Å². The summed E-state index contributed by atoms with van der Waals surface area (Å²) in [5.41, 5.74) is 2.70. The van der Waals surface area contributed by atoms with Gasteiger partial charge in [0.1, 0.15) is 0 Å². The molecule has 1 fully saturated rings. The van der Waals surface area contributed by atoms with Crippen LogP contribution in [0.15, 0.2) is 24.3 Å². The van der Waals surface area contributed by atoms with Gasteiger partial charge in [0.2, 0.25) is 0 Å². The first-order chi connectivity index (χ1) is 6.75. The summed E-state index contributed by atoms with van der Waals surface area (Å²) < 4.78 is 0. The highest BCUT2D eigenvalue weighted by Crippen LogP contribution is 2.14. The van der Waals surface area contributed by atoms with Crippen molar-refractivity contribution >= 4 is 0 Å². The fourth-order valence-electron chi connectivity index (χ4n) is 1.71. The molecule has 1 heterocycles. The highest BCUT2D eigenvalue weighted by molar-refractivity contribution is 5.23. The number of rotatable bonds is 3. The minimum atomic E-state index is 0.461. The van der Waals surface area contributed by atoms with Gasteiger partial charge >= 0.3 is 0 Å². The average molecular weight is 190 g/mol. The molecule has 2 N–H and O–H groups in total. The molecule has 1 aliphatic heterocycles. The van der Waals surface area contributed by atoms with Gasteiger partial charge in [0.25, 0.3) is 0 Å². The predicted molar refractivity (Wildman–Crippen MR) is 59.4 cm³/mol. The maximum atomic E-state index is 3.59. The predicted octanol–water partition coefficient (Wildman–Crippen LogP) is 1.62. The van der Waals surface area contributed by atoms with Crippen molar-refractivity contribution in [2.75, 3.05) is 13.1 Å². The van der Waals surface area contributed by atoms with Gasteiger partial charge in [-0.3, -0.25) is 0 Å². The van der Waals surface area contributed by atoms with Crippen molar-refractivity contribution in [3.8, 4) is 0 Å². The quantitative estimate of drug-likeness (QED) is 0.757. The Kier molecular flexibility index (Phi) is 2.85. The Hall–Kier alpha value is -0.860. The smallest absolute Gasteiger partial charge is 0.0322 e. The lowest BCUT2D eigenvalue weighted by Crippen LogP contribution is -2.55. The third-order valence-electron chi connectivity index (χ3n) is 2.84. The molecule has 2 heteroatoms. The zero-order valence-corrected chi connectivity index (χ0v) is 8.88. The summed E-state index contributed by atoms with van der Waals surface area (Å²) in [6, 6.07) is 9.88. The van der Waals surface area contributed by atoms with Crippen LogP contribution in [0.5, 0.6) is 0 Å². The molecule has 76 valence electrons. The molecule has 0 saturated carbocycles. The fraction of sp³-hybridized carbons (Fsp3) is 0.500. The molecule has 0 amide bonds. The van der Waals surface area contributed by atoms with E-state index in [1.807, 2.05) is 0 Å². The van der Waals surface area contributed by atoms with E-state index in [4.69, 9.17) is 0 Å². The van der Waals surface area contributed by atoms with E-state index in [9.17, 15) is 0 Å². The number of aryl methyl sites for hydroxylation is 1. The van der Waals surface area contributed by atoms with Crippen LogP contribution < -0.4 is 10.6 Å². The van der Waals surface area contributed by atoms with E-state index >= 15 is 0 Å². The first-order valence-electron chi connectivity index (χ1n) is 5.29. The summed E-state index contributed by atoms with van der Waals surface area (Å²) >= 11 is 0. The summed E-state index contributed by atoms with van der Waals surface area (Å²) in [5, 5.41) is 6.85. The first kappa shape index (κ1) is 9.69. The highest BCUT2D eigenvalue weighted by atomic mass is 15.1. The molecule has 1 saturated heterocycles. The number of benzene rings is 1. The van der Waals surface area contributed by atoms with Gasteiger partial charge in [0, 0.05) is 25.2 Å². The van der Waals surface area contributed by atoms with E-state index in [0.717, 1.165) is 13.1 Å². The van der Waals surface area contributed by atoms with E-state index in [0.29, 0.717) is 12.1 Å². The Labute approximate surface area is 85.7 Å². The summed E-state index contributed by atoms with van der Waals surface area (Å²) in [6.45, 7) is 6.56. The summed E-state index contributed by atoms with van der Waals surface area (Å²) in [5.74, 6) is 0.